The van der Waals surface area contributed by atoms with Gasteiger partial charge in [-0.05, 0) is 51.3 Å². The Morgan fingerprint density at radius 3 is 2.35 bits per heavy atom. The van der Waals surface area contributed by atoms with E-state index in [-0.39, 0.29) is 5.38 Å². The van der Waals surface area contributed by atoms with Crippen LogP contribution in [0.4, 0.5) is 0 Å². The van der Waals surface area contributed by atoms with E-state index in [1.807, 2.05) is 36.4 Å². The first-order valence-electron chi connectivity index (χ1n) is 6.14. The summed E-state index contributed by atoms with van der Waals surface area (Å²) in [5.41, 5.74) is 1.93. The second-order valence-corrected chi connectivity index (χ2v) is 6.14. The molecule has 2 nitrogen and oxygen atoms in total. The van der Waals surface area contributed by atoms with E-state index in [9.17, 15) is 0 Å². The summed E-state index contributed by atoms with van der Waals surface area (Å²) in [5.74, 6) is 1.51. The van der Waals surface area contributed by atoms with Gasteiger partial charge < -0.3 is 9.47 Å². The van der Waals surface area contributed by atoms with Crippen molar-refractivity contribution in [1.82, 2.24) is 0 Å². The minimum absolute atomic E-state index is 0.264. The highest BCUT2D eigenvalue weighted by Crippen LogP contribution is 2.38. The Kier molecular flexibility index (Phi) is 4.11. The predicted molar refractivity (Wildman–Crippen MR) is 84.3 cm³/mol. The Morgan fingerprint density at radius 2 is 1.60 bits per heavy atom. The van der Waals surface area contributed by atoms with Crippen LogP contribution in [0, 0.1) is 0 Å². The molecule has 0 fully saturated rings. The molecular weight excluding hydrogens is 363 g/mol. The van der Waals surface area contributed by atoms with Crippen molar-refractivity contribution in [3.8, 4) is 11.5 Å². The highest BCUT2D eigenvalue weighted by atomic mass is 79.9. The van der Waals surface area contributed by atoms with Crippen molar-refractivity contribution in [2.75, 3.05) is 13.2 Å². The fourth-order valence-electron chi connectivity index (χ4n) is 2.08. The van der Waals surface area contributed by atoms with E-state index in [0.29, 0.717) is 18.2 Å². The molecule has 1 heterocycles. The molecule has 2 aromatic rings. The summed E-state index contributed by atoms with van der Waals surface area (Å²) in [6.07, 6.45) is 0. The molecule has 0 bridgehead atoms. The minimum Gasteiger partial charge on any atom is -0.486 e. The molecule has 3 rings (SSSR count). The summed E-state index contributed by atoms with van der Waals surface area (Å²) in [6, 6.07) is 11.4. The fraction of sp³-hybridized carbons (Fsp3) is 0.200. The molecule has 1 unspecified atom stereocenters. The Balaban J connectivity index is 1.93. The van der Waals surface area contributed by atoms with Gasteiger partial charge in [0.2, 0.25) is 0 Å². The summed E-state index contributed by atoms with van der Waals surface area (Å²) >= 11 is 15.9. The Labute approximate surface area is 135 Å². The lowest BCUT2D eigenvalue weighted by Crippen LogP contribution is -2.15. The van der Waals surface area contributed by atoms with Gasteiger partial charge >= 0.3 is 0 Å². The molecule has 1 aliphatic rings. The molecule has 0 saturated carbocycles. The van der Waals surface area contributed by atoms with Crippen molar-refractivity contribution < 1.29 is 9.47 Å². The van der Waals surface area contributed by atoms with Crippen LogP contribution in [0.3, 0.4) is 0 Å². The van der Waals surface area contributed by atoms with Crippen LogP contribution < -0.4 is 9.47 Å². The minimum atomic E-state index is -0.264. The molecule has 0 aromatic heterocycles. The van der Waals surface area contributed by atoms with Gasteiger partial charge in [0.25, 0.3) is 0 Å². The van der Waals surface area contributed by atoms with Gasteiger partial charge in [0.1, 0.15) is 13.2 Å². The van der Waals surface area contributed by atoms with Crippen LogP contribution in [0.2, 0.25) is 5.02 Å². The van der Waals surface area contributed by atoms with Gasteiger partial charge in [0.15, 0.2) is 11.5 Å². The molecule has 0 saturated heterocycles. The molecule has 5 heteroatoms. The normalized spacial score (nSPS) is 14.9. The molecule has 0 amide bonds. The Hall–Kier alpha value is -0.900. The van der Waals surface area contributed by atoms with Crippen molar-refractivity contribution in [3.63, 3.8) is 0 Å². The SMILES string of the molecule is Clc1ccc(C(Cl)c2ccc3c(c2)OCCO3)cc1Br. The third-order valence-electron chi connectivity index (χ3n) is 3.10. The van der Waals surface area contributed by atoms with Crippen LogP contribution in [0.15, 0.2) is 40.9 Å². The quantitative estimate of drug-likeness (QED) is 0.673. The number of hydrogen-bond donors (Lipinski definition) is 0. The monoisotopic (exact) mass is 372 g/mol. The number of halogens is 3. The highest BCUT2D eigenvalue weighted by Gasteiger charge is 2.17. The van der Waals surface area contributed by atoms with E-state index in [1.54, 1.807) is 0 Å². The van der Waals surface area contributed by atoms with E-state index in [2.05, 4.69) is 15.9 Å². The van der Waals surface area contributed by atoms with Gasteiger partial charge in [-0.15, -0.1) is 11.6 Å². The average molecular weight is 374 g/mol. The van der Waals surface area contributed by atoms with Gasteiger partial charge in [-0.2, -0.15) is 0 Å². The zero-order chi connectivity index (χ0) is 14.1. The van der Waals surface area contributed by atoms with Gasteiger partial charge in [-0.3, -0.25) is 0 Å². The lowest BCUT2D eigenvalue weighted by atomic mass is 10.0. The second kappa shape index (κ2) is 5.84. The zero-order valence-corrected chi connectivity index (χ0v) is 13.5. The molecular formula is C15H11BrCl2O2. The smallest absolute Gasteiger partial charge is 0.161 e. The van der Waals surface area contributed by atoms with Crippen molar-refractivity contribution in [2.24, 2.45) is 0 Å². The molecule has 104 valence electrons. The van der Waals surface area contributed by atoms with Gasteiger partial charge in [0, 0.05) is 4.47 Å². The first kappa shape index (κ1) is 14.1. The lowest BCUT2D eigenvalue weighted by molar-refractivity contribution is 0.171. The summed E-state index contributed by atoms with van der Waals surface area (Å²) in [5, 5.41) is 0.402. The van der Waals surface area contributed by atoms with Gasteiger partial charge in [-0.1, -0.05) is 23.7 Å². The van der Waals surface area contributed by atoms with E-state index >= 15 is 0 Å². The maximum Gasteiger partial charge on any atom is 0.161 e. The molecule has 0 radical (unpaired) electrons. The lowest BCUT2D eigenvalue weighted by Gasteiger charge is -2.20. The van der Waals surface area contributed by atoms with Crippen LogP contribution in [-0.2, 0) is 0 Å². The van der Waals surface area contributed by atoms with Crippen LogP contribution in [0.25, 0.3) is 0 Å². The fourth-order valence-corrected chi connectivity index (χ4v) is 2.87. The number of fused-ring (bicyclic) bond motifs is 1. The third-order valence-corrected chi connectivity index (χ3v) is 4.81. The maximum atomic E-state index is 6.54. The van der Waals surface area contributed by atoms with Crippen molar-refractivity contribution in [2.45, 2.75) is 5.38 Å². The molecule has 0 spiro atoms. The van der Waals surface area contributed by atoms with Crippen LogP contribution in [0.5, 0.6) is 11.5 Å². The molecule has 2 aromatic carbocycles. The first-order valence-corrected chi connectivity index (χ1v) is 7.74. The van der Waals surface area contributed by atoms with Crippen LogP contribution in [0.1, 0.15) is 16.5 Å². The molecule has 1 aliphatic heterocycles. The average Bonchev–Trinajstić information content (AvgIpc) is 2.49. The van der Waals surface area contributed by atoms with Crippen LogP contribution >= 0.6 is 39.1 Å². The van der Waals surface area contributed by atoms with E-state index in [4.69, 9.17) is 32.7 Å². The zero-order valence-electron chi connectivity index (χ0n) is 10.4. The maximum absolute atomic E-state index is 6.54. The number of rotatable bonds is 2. The number of ether oxygens (including phenoxy) is 2. The van der Waals surface area contributed by atoms with E-state index in [1.165, 1.54) is 0 Å². The summed E-state index contributed by atoms with van der Waals surface area (Å²) in [6.45, 7) is 1.15. The molecule has 0 aliphatic carbocycles. The van der Waals surface area contributed by atoms with Crippen molar-refractivity contribution >= 4 is 39.1 Å². The largest absolute Gasteiger partial charge is 0.486 e. The van der Waals surface area contributed by atoms with Crippen molar-refractivity contribution in [3.05, 3.63) is 57.0 Å². The van der Waals surface area contributed by atoms with Crippen LogP contribution in [-0.4, -0.2) is 13.2 Å². The second-order valence-electron chi connectivity index (χ2n) is 4.44. The van der Waals surface area contributed by atoms with Gasteiger partial charge in [-0.25, -0.2) is 0 Å². The number of benzene rings is 2. The Bertz CT molecular complexity index is 646. The van der Waals surface area contributed by atoms with E-state index in [0.717, 1.165) is 27.1 Å². The van der Waals surface area contributed by atoms with E-state index < -0.39 is 0 Å². The first-order chi connectivity index (χ1) is 9.65. The predicted octanol–water partition coefficient (Wildman–Crippen LogP) is 5.20. The Morgan fingerprint density at radius 1 is 0.950 bits per heavy atom. The van der Waals surface area contributed by atoms with Crippen molar-refractivity contribution in [1.29, 1.82) is 0 Å². The summed E-state index contributed by atoms with van der Waals surface area (Å²) in [7, 11) is 0. The molecule has 20 heavy (non-hydrogen) atoms. The topological polar surface area (TPSA) is 18.5 Å². The summed E-state index contributed by atoms with van der Waals surface area (Å²) < 4.78 is 11.9. The number of hydrogen-bond acceptors (Lipinski definition) is 2. The highest BCUT2D eigenvalue weighted by molar-refractivity contribution is 9.10. The van der Waals surface area contributed by atoms with Gasteiger partial charge in [0.05, 0.1) is 10.4 Å². The molecule has 1 atom stereocenters. The number of alkyl halides is 1. The summed E-state index contributed by atoms with van der Waals surface area (Å²) in [4.78, 5) is 0. The standard InChI is InChI=1S/C15H11BrCl2O2/c16-11-7-9(1-3-12(11)17)15(18)10-2-4-13-14(8-10)20-6-5-19-13/h1-4,7-8,15H,5-6H2. The third kappa shape index (κ3) is 2.76. The molecule has 0 N–H and O–H groups in total.